The molecule has 0 saturated carbocycles. The van der Waals surface area contributed by atoms with Gasteiger partial charge in [-0.25, -0.2) is 9.37 Å². The standard InChI is InChI=1S/C14H13FN2O2/c15-12-4-1-10(2-5-12)7-14(19)17-13-6-3-11(9-18)8-16-13/h1-6,8,18H,7,9H2,(H,16,17,19). The fourth-order valence-electron chi connectivity index (χ4n) is 1.57. The SMILES string of the molecule is O=C(Cc1ccc(F)cc1)Nc1ccc(CO)cn1. The Morgan fingerprint density at radius 3 is 2.42 bits per heavy atom. The molecule has 2 rings (SSSR count). The molecule has 0 saturated heterocycles. The molecule has 1 aromatic heterocycles. The van der Waals surface area contributed by atoms with Crippen LogP contribution in [0.3, 0.4) is 0 Å². The molecule has 0 bridgehead atoms. The Balaban J connectivity index is 1.95. The Hall–Kier alpha value is -2.27. The predicted octanol–water partition coefficient (Wildman–Crippen LogP) is 1.89. The fourth-order valence-corrected chi connectivity index (χ4v) is 1.57. The van der Waals surface area contributed by atoms with Crippen LogP contribution in [-0.2, 0) is 17.8 Å². The molecule has 4 nitrogen and oxygen atoms in total. The van der Waals surface area contributed by atoms with E-state index >= 15 is 0 Å². The summed E-state index contributed by atoms with van der Waals surface area (Å²) in [5, 5.41) is 11.5. The molecule has 2 N–H and O–H groups in total. The Labute approximate surface area is 109 Å². The number of nitrogens with zero attached hydrogens (tertiary/aromatic N) is 1. The Morgan fingerprint density at radius 2 is 1.84 bits per heavy atom. The molecule has 0 spiro atoms. The summed E-state index contributed by atoms with van der Waals surface area (Å²) in [5.41, 5.74) is 1.41. The second-order valence-corrected chi connectivity index (χ2v) is 4.06. The lowest BCUT2D eigenvalue weighted by Gasteiger charge is -2.05. The van der Waals surface area contributed by atoms with Crippen LogP contribution in [0.25, 0.3) is 0 Å². The summed E-state index contributed by atoms with van der Waals surface area (Å²) in [6.07, 6.45) is 1.65. The van der Waals surface area contributed by atoms with Crippen LogP contribution in [0.1, 0.15) is 11.1 Å². The Bertz CT molecular complexity index is 553. The molecule has 5 heteroatoms. The van der Waals surface area contributed by atoms with E-state index in [0.717, 1.165) is 5.56 Å². The first-order chi connectivity index (χ1) is 9.17. The maximum Gasteiger partial charge on any atom is 0.229 e. The minimum atomic E-state index is -0.328. The molecule has 1 aromatic carbocycles. The Kier molecular flexibility index (Phi) is 4.20. The first kappa shape index (κ1) is 13.2. The number of anilines is 1. The van der Waals surface area contributed by atoms with Gasteiger partial charge in [-0.05, 0) is 29.3 Å². The molecule has 0 unspecified atom stereocenters. The predicted molar refractivity (Wildman–Crippen MR) is 68.9 cm³/mol. The van der Waals surface area contributed by atoms with Gasteiger partial charge in [-0.3, -0.25) is 4.79 Å². The van der Waals surface area contributed by atoms with Crippen LogP contribution < -0.4 is 5.32 Å². The van der Waals surface area contributed by atoms with Crippen molar-refractivity contribution < 1.29 is 14.3 Å². The number of benzene rings is 1. The van der Waals surface area contributed by atoms with Crippen molar-refractivity contribution in [2.24, 2.45) is 0 Å². The number of aromatic nitrogens is 1. The number of nitrogens with one attached hydrogen (secondary N) is 1. The number of amides is 1. The first-order valence-electron chi connectivity index (χ1n) is 5.77. The third-order valence-corrected chi connectivity index (χ3v) is 2.55. The average Bonchev–Trinajstić information content (AvgIpc) is 2.42. The summed E-state index contributed by atoms with van der Waals surface area (Å²) in [4.78, 5) is 15.7. The van der Waals surface area contributed by atoms with Gasteiger partial charge in [0.25, 0.3) is 0 Å². The molecule has 0 atom stereocenters. The number of carbonyl (C=O) groups excluding carboxylic acids is 1. The first-order valence-corrected chi connectivity index (χ1v) is 5.77. The highest BCUT2D eigenvalue weighted by Gasteiger charge is 2.05. The van der Waals surface area contributed by atoms with Gasteiger partial charge in [-0.2, -0.15) is 0 Å². The molecule has 0 aliphatic carbocycles. The summed E-state index contributed by atoms with van der Waals surface area (Å²) in [7, 11) is 0. The van der Waals surface area contributed by atoms with Gasteiger partial charge in [0.05, 0.1) is 13.0 Å². The fraction of sp³-hybridized carbons (Fsp3) is 0.143. The largest absolute Gasteiger partial charge is 0.392 e. The quantitative estimate of drug-likeness (QED) is 0.882. The number of rotatable bonds is 4. The highest BCUT2D eigenvalue weighted by Crippen LogP contribution is 2.07. The van der Waals surface area contributed by atoms with Crippen LogP contribution in [0, 0.1) is 5.82 Å². The van der Waals surface area contributed by atoms with E-state index in [1.807, 2.05) is 0 Å². The summed E-state index contributed by atoms with van der Waals surface area (Å²) in [5.74, 6) is -0.134. The molecule has 1 amide bonds. The Morgan fingerprint density at radius 1 is 1.16 bits per heavy atom. The van der Waals surface area contributed by atoms with Gasteiger partial charge in [-0.15, -0.1) is 0 Å². The van der Waals surface area contributed by atoms with Crippen LogP contribution in [-0.4, -0.2) is 16.0 Å². The van der Waals surface area contributed by atoms with E-state index in [1.165, 1.54) is 18.3 Å². The molecule has 0 aliphatic rings. The number of pyridine rings is 1. The summed E-state index contributed by atoms with van der Waals surface area (Å²) >= 11 is 0. The van der Waals surface area contributed by atoms with E-state index in [2.05, 4.69) is 10.3 Å². The molecule has 19 heavy (non-hydrogen) atoms. The highest BCUT2D eigenvalue weighted by atomic mass is 19.1. The summed E-state index contributed by atoms with van der Waals surface area (Å²) in [6.45, 7) is -0.0865. The van der Waals surface area contributed by atoms with E-state index in [-0.39, 0.29) is 24.8 Å². The lowest BCUT2D eigenvalue weighted by molar-refractivity contribution is -0.115. The zero-order valence-corrected chi connectivity index (χ0v) is 10.1. The van der Waals surface area contributed by atoms with Crippen LogP contribution in [0.15, 0.2) is 42.6 Å². The van der Waals surface area contributed by atoms with Gasteiger partial charge in [0.1, 0.15) is 11.6 Å². The number of halogens is 1. The van der Waals surface area contributed by atoms with Crippen LogP contribution >= 0.6 is 0 Å². The smallest absolute Gasteiger partial charge is 0.229 e. The van der Waals surface area contributed by atoms with E-state index in [9.17, 15) is 9.18 Å². The van der Waals surface area contributed by atoms with Crippen molar-refractivity contribution in [1.82, 2.24) is 4.98 Å². The van der Waals surface area contributed by atoms with Crippen molar-refractivity contribution in [3.63, 3.8) is 0 Å². The highest BCUT2D eigenvalue weighted by molar-refractivity contribution is 5.91. The molecular weight excluding hydrogens is 247 g/mol. The number of hydrogen-bond acceptors (Lipinski definition) is 3. The summed E-state index contributed by atoms with van der Waals surface area (Å²) < 4.78 is 12.7. The molecule has 0 radical (unpaired) electrons. The lowest BCUT2D eigenvalue weighted by Crippen LogP contribution is -2.15. The van der Waals surface area contributed by atoms with Crippen LogP contribution in [0.5, 0.6) is 0 Å². The van der Waals surface area contributed by atoms with Crippen molar-refractivity contribution in [3.8, 4) is 0 Å². The lowest BCUT2D eigenvalue weighted by atomic mass is 10.1. The topological polar surface area (TPSA) is 62.2 Å². The minimum absolute atomic E-state index is 0.0865. The zero-order chi connectivity index (χ0) is 13.7. The minimum Gasteiger partial charge on any atom is -0.392 e. The van der Waals surface area contributed by atoms with Gasteiger partial charge in [0, 0.05) is 6.20 Å². The van der Waals surface area contributed by atoms with Gasteiger partial charge in [0.2, 0.25) is 5.91 Å². The van der Waals surface area contributed by atoms with Crippen molar-refractivity contribution >= 4 is 11.7 Å². The molecule has 0 aliphatic heterocycles. The van der Waals surface area contributed by atoms with Gasteiger partial charge in [-0.1, -0.05) is 18.2 Å². The summed E-state index contributed by atoms with van der Waals surface area (Å²) in [6, 6.07) is 9.07. The number of aliphatic hydroxyl groups excluding tert-OH is 1. The monoisotopic (exact) mass is 260 g/mol. The van der Waals surface area contributed by atoms with E-state index in [0.29, 0.717) is 11.4 Å². The molecular formula is C14H13FN2O2. The third-order valence-electron chi connectivity index (χ3n) is 2.55. The molecule has 98 valence electrons. The third kappa shape index (κ3) is 3.86. The van der Waals surface area contributed by atoms with Gasteiger partial charge < -0.3 is 10.4 Å². The number of hydrogen-bond donors (Lipinski definition) is 2. The maximum atomic E-state index is 12.7. The number of aliphatic hydroxyl groups is 1. The van der Waals surface area contributed by atoms with Gasteiger partial charge in [0.15, 0.2) is 0 Å². The van der Waals surface area contributed by atoms with E-state index in [4.69, 9.17) is 5.11 Å². The molecule has 2 aromatic rings. The van der Waals surface area contributed by atoms with Crippen molar-refractivity contribution in [3.05, 3.63) is 59.5 Å². The molecule has 1 heterocycles. The van der Waals surface area contributed by atoms with Crippen molar-refractivity contribution in [2.75, 3.05) is 5.32 Å². The normalized spacial score (nSPS) is 10.2. The van der Waals surface area contributed by atoms with Gasteiger partial charge >= 0.3 is 0 Å². The van der Waals surface area contributed by atoms with E-state index in [1.54, 1.807) is 24.3 Å². The van der Waals surface area contributed by atoms with Crippen LogP contribution in [0.2, 0.25) is 0 Å². The second kappa shape index (κ2) is 6.06. The second-order valence-electron chi connectivity index (χ2n) is 4.06. The number of carbonyl (C=O) groups is 1. The van der Waals surface area contributed by atoms with Crippen molar-refractivity contribution in [2.45, 2.75) is 13.0 Å². The maximum absolute atomic E-state index is 12.7. The van der Waals surface area contributed by atoms with E-state index < -0.39 is 0 Å². The van der Waals surface area contributed by atoms with Crippen LogP contribution in [0.4, 0.5) is 10.2 Å². The average molecular weight is 260 g/mol. The molecule has 0 fully saturated rings. The van der Waals surface area contributed by atoms with Crippen molar-refractivity contribution in [1.29, 1.82) is 0 Å². The zero-order valence-electron chi connectivity index (χ0n) is 10.1.